The number of hydrogen-bond donors (Lipinski definition) is 1. The molecule has 0 radical (unpaired) electrons. The minimum atomic E-state index is -0.340. The first-order valence-electron chi connectivity index (χ1n) is 14.3. The fourth-order valence-corrected chi connectivity index (χ4v) is 3.46. The second-order valence-corrected chi connectivity index (χ2v) is 10.4. The van der Waals surface area contributed by atoms with Gasteiger partial charge in [0.25, 0.3) is 0 Å². The maximum Gasteiger partial charge on any atom is 0.322 e. The Bertz CT molecular complexity index is 823. The van der Waals surface area contributed by atoms with Gasteiger partial charge in [-0.2, -0.15) is 0 Å². The third kappa shape index (κ3) is 22.1. The first-order valence-corrected chi connectivity index (χ1v) is 14.3. The normalized spacial score (nSPS) is 12.2. The van der Waals surface area contributed by atoms with Crippen LogP contribution in [0.4, 0.5) is 0 Å². The van der Waals surface area contributed by atoms with E-state index in [0.29, 0.717) is 92.4 Å². The number of terminal acetylenes is 1. The highest BCUT2D eigenvalue weighted by Crippen LogP contribution is 2.22. The van der Waals surface area contributed by atoms with Gasteiger partial charge in [0.1, 0.15) is 25.0 Å². The summed E-state index contributed by atoms with van der Waals surface area (Å²) in [7, 11) is 1.42. The zero-order chi connectivity index (χ0) is 30.0. The maximum absolute atomic E-state index is 12.2. The summed E-state index contributed by atoms with van der Waals surface area (Å²) < 4.78 is 43.2. The highest BCUT2D eigenvalue weighted by atomic mass is 16.6. The van der Waals surface area contributed by atoms with Crippen LogP contribution in [0.3, 0.4) is 0 Å². The molecule has 0 unspecified atom stereocenters. The molecule has 1 aromatic rings. The number of hydrogen-bond acceptors (Lipinski definition) is 10. The maximum atomic E-state index is 12.2. The fourth-order valence-electron chi connectivity index (χ4n) is 3.46. The molecule has 1 aromatic carbocycles. The van der Waals surface area contributed by atoms with Gasteiger partial charge < -0.3 is 43.2 Å². The zero-order valence-corrected chi connectivity index (χ0v) is 25.5. The van der Waals surface area contributed by atoms with Gasteiger partial charge in [-0.05, 0) is 36.0 Å². The van der Waals surface area contributed by atoms with Gasteiger partial charge >= 0.3 is 5.97 Å². The van der Waals surface area contributed by atoms with E-state index >= 15 is 0 Å². The molecule has 1 N–H and O–H groups in total. The monoisotopic (exact) mass is 581 g/mol. The van der Waals surface area contributed by atoms with Gasteiger partial charge in [0.15, 0.2) is 0 Å². The minimum Gasteiger partial charge on any atom is -0.491 e. The van der Waals surface area contributed by atoms with Crippen molar-refractivity contribution in [2.45, 2.75) is 46.2 Å². The van der Waals surface area contributed by atoms with Gasteiger partial charge in [-0.1, -0.05) is 38.8 Å². The molecule has 10 heteroatoms. The molecule has 0 spiro atoms. The van der Waals surface area contributed by atoms with Crippen molar-refractivity contribution in [1.29, 1.82) is 0 Å². The number of ether oxygens (including phenoxy) is 8. The summed E-state index contributed by atoms with van der Waals surface area (Å²) in [4.78, 5) is 12.2. The lowest BCUT2D eigenvalue weighted by Crippen LogP contribution is -2.38. The highest BCUT2D eigenvalue weighted by molar-refractivity contribution is 5.75. The predicted molar refractivity (Wildman–Crippen MR) is 157 cm³/mol. The SMILES string of the molecule is C#CCOCCOCCOCCOCCOCCOCCOc1cccc(CN[C@@H](CCC(C)(C)C)C(=O)OC)c1. The molecule has 1 atom stereocenters. The van der Waals surface area contributed by atoms with Crippen LogP contribution in [0.5, 0.6) is 5.75 Å². The topological polar surface area (TPSA) is 103 Å². The molecule has 0 aliphatic heterocycles. The largest absolute Gasteiger partial charge is 0.491 e. The van der Waals surface area contributed by atoms with Crippen LogP contribution in [0, 0.1) is 17.8 Å². The van der Waals surface area contributed by atoms with Crippen molar-refractivity contribution in [2.24, 2.45) is 5.41 Å². The molecule has 0 aliphatic carbocycles. The second-order valence-electron chi connectivity index (χ2n) is 10.4. The first-order chi connectivity index (χ1) is 19.9. The van der Waals surface area contributed by atoms with E-state index in [1.54, 1.807) is 0 Å². The first kappa shape index (κ1) is 36.8. The number of carbonyl (C=O) groups is 1. The standard InChI is InChI=1S/C31H51NO9/c1-6-12-35-13-14-36-15-16-37-17-18-38-19-20-39-21-22-40-23-24-41-28-9-7-8-27(25-28)26-32-29(30(33)34-5)10-11-31(2,3)4/h1,7-9,25,29,32H,10-24,26H2,2-5H3/t29-/m0/s1. The van der Waals surface area contributed by atoms with Gasteiger partial charge in [-0.15, -0.1) is 6.42 Å². The van der Waals surface area contributed by atoms with Crippen LogP contribution in [-0.2, 0) is 44.5 Å². The Labute approximate surface area is 246 Å². The molecule has 234 valence electrons. The highest BCUT2D eigenvalue weighted by Gasteiger charge is 2.21. The average molecular weight is 582 g/mol. The fraction of sp³-hybridized carbons (Fsp3) is 0.710. The van der Waals surface area contributed by atoms with Crippen LogP contribution >= 0.6 is 0 Å². The molecule has 0 aliphatic rings. The lowest BCUT2D eigenvalue weighted by atomic mass is 9.88. The Morgan fingerprint density at radius 1 is 0.829 bits per heavy atom. The van der Waals surface area contributed by atoms with Crippen molar-refractivity contribution in [3.05, 3.63) is 29.8 Å². The Balaban J connectivity index is 2.01. The Kier molecular flexibility index (Phi) is 21.9. The number of carbonyl (C=O) groups excluding carboxylic acids is 1. The Hall–Kier alpha value is -2.23. The smallest absolute Gasteiger partial charge is 0.322 e. The van der Waals surface area contributed by atoms with E-state index in [2.05, 4.69) is 32.0 Å². The summed E-state index contributed by atoms with van der Waals surface area (Å²) in [6.45, 7) is 13.2. The molecule has 0 bridgehead atoms. The van der Waals surface area contributed by atoms with E-state index in [1.165, 1.54) is 7.11 Å². The lowest BCUT2D eigenvalue weighted by molar-refractivity contribution is -0.143. The van der Waals surface area contributed by atoms with Crippen molar-refractivity contribution in [3.8, 4) is 18.1 Å². The Morgan fingerprint density at radius 3 is 1.83 bits per heavy atom. The Morgan fingerprint density at radius 2 is 1.34 bits per heavy atom. The average Bonchev–Trinajstić information content (AvgIpc) is 2.95. The third-order valence-corrected chi connectivity index (χ3v) is 5.66. The van der Waals surface area contributed by atoms with Gasteiger partial charge in [0.05, 0.1) is 79.8 Å². The van der Waals surface area contributed by atoms with E-state index in [9.17, 15) is 4.79 Å². The third-order valence-electron chi connectivity index (χ3n) is 5.66. The zero-order valence-electron chi connectivity index (χ0n) is 25.5. The van der Waals surface area contributed by atoms with E-state index in [1.807, 2.05) is 24.3 Å². The summed E-state index contributed by atoms with van der Waals surface area (Å²) >= 11 is 0. The van der Waals surface area contributed by atoms with Crippen LogP contribution in [0.25, 0.3) is 0 Å². The van der Waals surface area contributed by atoms with Gasteiger partial charge in [-0.3, -0.25) is 4.79 Å². The number of nitrogens with one attached hydrogen (secondary N) is 1. The second kappa shape index (κ2) is 24.4. The van der Waals surface area contributed by atoms with Gasteiger partial charge in [0, 0.05) is 6.54 Å². The van der Waals surface area contributed by atoms with E-state index < -0.39 is 0 Å². The molecule has 0 saturated heterocycles. The van der Waals surface area contributed by atoms with Crippen molar-refractivity contribution < 1.29 is 42.7 Å². The van der Waals surface area contributed by atoms with Crippen LogP contribution in [0.15, 0.2) is 24.3 Å². The number of benzene rings is 1. The minimum absolute atomic E-state index is 0.150. The summed E-state index contributed by atoms with van der Waals surface area (Å²) in [5, 5.41) is 3.32. The molecular formula is C31H51NO9. The summed E-state index contributed by atoms with van der Waals surface area (Å²) in [5.74, 6) is 2.92. The molecule has 0 saturated carbocycles. The van der Waals surface area contributed by atoms with Crippen molar-refractivity contribution in [3.63, 3.8) is 0 Å². The summed E-state index contributed by atoms with van der Waals surface area (Å²) in [5.41, 5.74) is 1.18. The van der Waals surface area contributed by atoms with Crippen molar-refractivity contribution >= 4 is 5.97 Å². The van der Waals surface area contributed by atoms with E-state index in [0.717, 1.165) is 24.2 Å². The molecule has 0 aromatic heterocycles. The van der Waals surface area contributed by atoms with Crippen molar-refractivity contribution in [1.82, 2.24) is 5.32 Å². The van der Waals surface area contributed by atoms with Crippen LogP contribution in [-0.4, -0.2) is 105 Å². The van der Waals surface area contributed by atoms with Crippen LogP contribution in [0.1, 0.15) is 39.2 Å². The molecule has 0 fully saturated rings. The van der Waals surface area contributed by atoms with Gasteiger partial charge in [-0.25, -0.2) is 0 Å². The molecule has 1 rings (SSSR count). The molecule has 10 nitrogen and oxygen atoms in total. The predicted octanol–water partition coefficient (Wildman–Crippen LogP) is 3.26. The van der Waals surface area contributed by atoms with Crippen molar-refractivity contribution in [2.75, 3.05) is 93.0 Å². The van der Waals surface area contributed by atoms with Crippen LogP contribution < -0.4 is 10.1 Å². The molecular weight excluding hydrogens is 530 g/mol. The van der Waals surface area contributed by atoms with Gasteiger partial charge in [0.2, 0.25) is 0 Å². The van der Waals surface area contributed by atoms with E-state index in [4.69, 9.17) is 44.3 Å². The molecule has 41 heavy (non-hydrogen) atoms. The summed E-state index contributed by atoms with van der Waals surface area (Å²) in [6, 6.07) is 7.47. The molecule has 0 heterocycles. The summed E-state index contributed by atoms with van der Waals surface area (Å²) in [6.07, 6.45) is 6.72. The number of methoxy groups -OCH3 is 1. The number of esters is 1. The van der Waals surface area contributed by atoms with Crippen LogP contribution in [0.2, 0.25) is 0 Å². The quantitative estimate of drug-likeness (QED) is 0.0996. The number of rotatable bonds is 26. The molecule has 0 amide bonds. The van der Waals surface area contributed by atoms with E-state index in [-0.39, 0.29) is 17.4 Å². The lowest BCUT2D eigenvalue weighted by Gasteiger charge is -2.22.